The van der Waals surface area contributed by atoms with Crippen LogP contribution in [-0.2, 0) is 51.4 Å². The van der Waals surface area contributed by atoms with Crippen molar-refractivity contribution in [1.82, 2.24) is 0 Å². The number of fused-ring (bicyclic) bond motifs is 8. The summed E-state index contributed by atoms with van der Waals surface area (Å²) in [7, 11) is 0. The number of aryl methyl sites for hydroxylation is 4. The molecule has 36 heavy (non-hydrogen) atoms. The van der Waals surface area contributed by atoms with Gasteiger partial charge in [-0.3, -0.25) is 9.59 Å². The Bertz CT molecular complexity index is 1510. The molecule has 0 fully saturated rings. The fraction of sp³-hybridized carbons (Fsp3) is 0.312. The third-order valence-corrected chi connectivity index (χ3v) is 8.24. The van der Waals surface area contributed by atoms with Crippen molar-refractivity contribution >= 4 is 0 Å². The molecule has 0 bridgehead atoms. The van der Waals surface area contributed by atoms with E-state index >= 15 is 0 Å². The lowest BCUT2D eigenvalue weighted by Crippen LogP contribution is -2.19. The average Bonchev–Trinajstić information content (AvgIpc) is 3.59. The fourth-order valence-corrected chi connectivity index (χ4v) is 6.41. The minimum absolute atomic E-state index is 0.248. The Labute approximate surface area is 209 Å². The number of hydrogen-bond donors (Lipinski definition) is 0. The highest BCUT2D eigenvalue weighted by atomic mass is 16.3. The van der Waals surface area contributed by atoms with Crippen molar-refractivity contribution in [3.8, 4) is 22.6 Å². The first-order valence-electron chi connectivity index (χ1n) is 13.2. The highest BCUT2D eigenvalue weighted by Crippen LogP contribution is 2.36. The molecule has 4 aliphatic rings. The molecule has 0 atom stereocenters. The molecule has 0 radical (unpaired) electrons. The van der Waals surface area contributed by atoms with E-state index in [0.717, 1.165) is 121 Å². The first-order chi connectivity index (χ1) is 17.7. The summed E-state index contributed by atoms with van der Waals surface area (Å²) < 4.78 is 12.1. The van der Waals surface area contributed by atoms with Gasteiger partial charge in [0.25, 0.3) is 0 Å². The monoisotopic (exact) mass is 476 g/mol. The third-order valence-electron chi connectivity index (χ3n) is 8.24. The van der Waals surface area contributed by atoms with Crippen molar-refractivity contribution in [3.63, 3.8) is 0 Å². The van der Waals surface area contributed by atoms with Gasteiger partial charge in [-0.25, -0.2) is 0 Å². The molecule has 0 unspecified atom stereocenters. The highest BCUT2D eigenvalue weighted by Gasteiger charge is 2.28. The summed E-state index contributed by atoms with van der Waals surface area (Å²) in [5.74, 6) is 3.52. The molecular weight excluding hydrogens is 448 g/mol. The summed E-state index contributed by atoms with van der Waals surface area (Å²) in [6.45, 7) is 0. The molecule has 0 spiro atoms. The zero-order valence-electron chi connectivity index (χ0n) is 20.3. The molecule has 0 saturated heterocycles. The number of benzene rings is 2. The van der Waals surface area contributed by atoms with E-state index in [1.807, 2.05) is 12.1 Å². The third kappa shape index (κ3) is 3.35. The molecule has 0 N–H and O–H groups in total. The summed E-state index contributed by atoms with van der Waals surface area (Å²) in [5.41, 5.74) is 9.00. The summed E-state index contributed by atoms with van der Waals surface area (Å²) >= 11 is 0. The van der Waals surface area contributed by atoms with E-state index in [1.54, 1.807) is 0 Å². The Morgan fingerprint density at radius 1 is 0.472 bits per heavy atom. The first kappa shape index (κ1) is 21.6. The Hall–Kier alpha value is -3.66. The molecule has 2 aromatic heterocycles. The second-order valence-electron chi connectivity index (χ2n) is 10.3. The lowest BCUT2D eigenvalue weighted by Gasteiger charge is -2.18. The molecule has 4 heteroatoms. The SMILES string of the molecule is O=c1c2c(oc3c1CCc1ccccc1-3)CCC2.O=c1c2c(oc3c1CCc1ccccc1-3)CCC2. The number of rotatable bonds is 0. The molecular formula is C32H28O4. The van der Waals surface area contributed by atoms with Gasteiger partial charge in [-0.2, -0.15) is 0 Å². The topological polar surface area (TPSA) is 60.4 Å². The molecule has 2 aromatic carbocycles. The van der Waals surface area contributed by atoms with E-state index in [9.17, 15) is 9.59 Å². The van der Waals surface area contributed by atoms with Gasteiger partial charge < -0.3 is 8.83 Å². The minimum Gasteiger partial charge on any atom is -0.460 e. The molecule has 0 aliphatic heterocycles. The smallest absolute Gasteiger partial charge is 0.192 e. The van der Waals surface area contributed by atoms with Crippen molar-refractivity contribution in [1.29, 1.82) is 0 Å². The summed E-state index contributed by atoms with van der Waals surface area (Å²) in [5, 5.41) is 0. The average molecular weight is 477 g/mol. The molecule has 2 heterocycles. The standard InChI is InChI=1S/2C16H14O2/c2*17-15-12-6-3-7-14(12)18-16-11-5-2-1-4-10(11)8-9-13(15)16/h2*1-2,4-5H,3,6-9H2. The van der Waals surface area contributed by atoms with Crippen LogP contribution >= 0.6 is 0 Å². The van der Waals surface area contributed by atoms with Gasteiger partial charge in [0.05, 0.1) is 0 Å². The van der Waals surface area contributed by atoms with Crippen molar-refractivity contribution in [2.45, 2.75) is 64.2 Å². The maximum Gasteiger partial charge on any atom is 0.192 e. The fourth-order valence-electron chi connectivity index (χ4n) is 6.41. The summed E-state index contributed by atoms with van der Waals surface area (Å²) in [6, 6.07) is 16.5. The van der Waals surface area contributed by atoms with Crippen LogP contribution < -0.4 is 10.9 Å². The second kappa shape index (κ2) is 8.48. The van der Waals surface area contributed by atoms with E-state index in [0.29, 0.717) is 0 Å². The zero-order chi connectivity index (χ0) is 24.2. The Kier molecular flexibility index (Phi) is 5.09. The van der Waals surface area contributed by atoms with Crippen LogP contribution in [0, 0.1) is 0 Å². The van der Waals surface area contributed by atoms with Gasteiger partial charge in [0.1, 0.15) is 23.0 Å². The van der Waals surface area contributed by atoms with E-state index in [4.69, 9.17) is 8.83 Å². The van der Waals surface area contributed by atoms with Gasteiger partial charge in [0.2, 0.25) is 0 Å². The molecule has 0 saturated carbocycles. The zero-order valence-corrected chi connectivity index (χ0v) is 20.3. The van der Waals surface area contributed by atoms with Gasteiger partial charge in [-0.05, 0) is 62.5 Å². The lowest BCUT2D eigenvalue weighted by atomic mass is 9.89. The second-order valence-corrected chi connectivity index (χ2v) is 10.3. The normalized spacial score (nSPS) is 16.0. The molecule has 4 aromatic rings. The highest BCUT2D eigenvalue weighted by molar-refractivity contribution is 5.69. The Morgan fingerprint density at radius 3 is 1.39 bits per heavy atom. The van der Waals surface area contributed by atoms with Crippen LogP contribution in [0.4, 0.5) is 0 Å². The van der Waals surface area contributed by atoms with Crippen molar-refractivity contribution < 1.29 is 8.83 Å². The van der Waals surface area contributed by atoms with E-state index in [1.165, 1.54) is 11.1 Å². The van der Waals surface area contributed by atoms with Gasteiger partial charge in [0.15, 0.2) is 10.9 Å². The molecule has 4 aliphatic carbocycles. The Morgan fingerprint density at radius 2 is 0.917 bits per heavy atom. The predicted molar refractivity (Wildman–Crippen MR) is 140 cm³/mol. The van der Waals surface area contributed by atoms with E-state index in [-0.39, 0.29) is 10.9 Å². The van der Waals surface area contributed by atoms with E-state index < -0.39 is 0 Å². The minimum atomic E-state index is 0.248. The summed E-state index contributed by atoms with van der Waals surface area (Å²) in [6.07, 6.45) is 9.28. The summed E-state index contributed by atoms with van der Waals surface area (Å²) in [4.78, 5) is 24.9. The van der Waals surface area contributed by atoms with Crippen LogP contribution in [0.25, 0.3) is 22.6 Å². The van der Waals surface area contributed by atoms with Crippen LogP contribution in [0.2, 0.25) is 0 Å². The van der Waals surface area contributed by atoms with Crippen molar-refractivity contribution in [3.05, 3.63) is 114 Å². The van der Waals surface area contributed by atoms with Gasteiger partial charge in [0, 0.05) is 46.2 Å². The van der Waals surface area contributed by atoms with Crippen LogP contribution in [0.1, 0.15) is 57.7 Å². The Balaban J connectivity index is 0.000000122. The quantitative estimate of drug-likeness (QED) is 0.322. The van der Waals surface area contributed by atoms with Crippen molar-refractivity contribution in [2.75, 3.05) is 0 Å². The molecule has 8 rings (SSSR count). The molecule has 180 valence electrons. The first-order valence-corrected chi connectivity index (χ1v) is 13.2. The van der Waals surface area contributed by atoms with Crippen LogP contribution in [0.3, 0.4) is 0 Å². The maximum atomic E-state index is 12.5. The largest absolute Gasteiger partial charge is 0.460 e. The van der Waals surface area contributed by atoms with Gasteiger partial charge >= 0.3 is 0 Å². The van der Waals surface area contributed by atoms with Gasteiger partial charge in [-0.15, -0.1) is 0 Å². The van der Waals surface area contributed by atoms with Crippen LogP contribution in [-0.4, -0.2) is 0 Å². The van der Waals surface area contributed by atoms with E-state index in [2.05, 4.69) is 36.4 Å². The van der Waals surface area contributed by atoms with Gasteiger partial charge in [-0.1, -0.05) is 48.5 Å². The van der Waals surface area contributed by atoms with Crippen LogP contribution in [0.15, 0.2) is 67.0 Å². The van der Waals surface area contributed by atoms with Crippen molar-refractivity contribution in [2.24, 2.45) is 0 Å². The predicted octanol–water partition coefficient (Wildman–Crippen LogP) is 5.79. The maximum absolute atomic E-state index is 12.5. The molecule has 0 amide bonds. The molecule has 4 nitrogen and oxygen atoms in total. The number of hydrogen-bond acceptors (Lipinski definition) is 4. The van der Waals surface area contributed by atoms with Crippen LogP contribution in [0.5, 0.6) is 0 Å². The lowest BCUT2D eigenvalue weighted by molar-refractivity contribution is 0.502.